The van der Waals surface area contributed by atoms with E-state index in [-0.39, 0.29) is 5.76 Å². The highest BCUT2D eigenvalue weighted by molar-refractivity contribution is 7.18. The van der Waals surface area contributed by atoms with Gasteiger partial charge in [-0.25, -0.2) is 0 Å². The van der Waals surface area contributed by atoms with Crippen molar-refractivity contribution in [3.63, 3.8) is 0 Å². The predicted octanol–water partition coefficient (Wildman–Crippen LogP) is 3.47. The Morgan fingerprint density at radius 2 is 1.77 bits per heavy atom. The summed E-state index contributed by atoms with van der Waals surface area (Å²) in [7, 11) is 1.85. The van der Waals surface area contributed by atoms with Crippen LogP contribution in [0.3, 0.4) is 0 Å². The number of carbonyl (C=O) groups is 3. The molecule has 0 fully saturated rings. The Kier molecular flexibility index (Phi) is 5.11. The molecule has 0 unspecified atom stereocenters. The highest BCUT2D eigenvalue weighted by Crippen LogP contribution is 2.27. The van der Waals surface area contributed by atoms with Crippen LogP contribution in [-0.2, 0) is 7.05 Å². The second-order valence-corrected chi connectivity index (χ2v) is 7.69. The lowest BCUT2D eigenvalue weighted by molar-refractivity contribution is 0.0849. The normalized spacial score (nSPS) is 10.7. The van der Waals surface area contributed by atoms with Crippen LogP contribution >= 0.6 is 11.3 Å². The van der Waals surface area contributed by atoms with Gasteiger partial charge in [-0.1, -0.05) is 18.2 Å². The van der Waals surface area contributed by atoms with Crippen molar-refractivity contribution >= 4 is 45.0 Å². The van der Waals surface area contributed by atoms with Gasteiger partial charge in [0, 0.05) is 24.1 Å². The fourth-order valence-corrected chi connectivity index (χ4v) is 4.07. The maximum atomic E-state index is 12.6. The van der Waals surface area contributed by atoms with Crippen LogP contribution < -0.4 is 16.2 Å². The van der Waals surface area contributed by atoms with Gasteiger partial charge in [-0.2, -0.15) is 0 Å². The number of amides is 3. The molecule has 0 aliphatic rings. The zero-order chi connectivity index (χ0) is 21.3. The summed E-state index contributed by atoms with van der Waals surface area (Å²) in [5, 5.41) is 3.98. The highest BCUT2D eigenvalue weighted by Gasteiger charge is 2.18. The molecule has 0 radical (unpaired) electrons. The van der Waals surface area contributed by atoms with Gasteiger partial charge in [-0.05, 0) is 36.8 Å². The summed E-state index contributed by atoms with van der Waals surface area (Å²) in [5.74, 6) is -1.11. The Balaban J connectivity index is 1.43. The van der Waals surface area contributed by atoms with Crippen molar-refractivity contribution in [2.24, 2.45) is 7.05 Å². The van der Waals surface area contributed by atoms with Gasteiger partial charge in [0.1, 0.15) is 0 Å². The van der Waals surface area contributed by atoms with Gasteiger partial charge in [0.05, 0.1) is 21.7 Å². The Morgan fingerprint density at radius 3 is 2.53 bits per heavy atom. The Bertz CT molecular complexity index is 1250. The van der Waals surface area contributed by atoms with Crippen LogP contribution in [0, 0.1) is 6.92 Å². The first-order chi connectivity index (χ1) is 14.4. The molecule has 4 rings (SSSR count). The summed E-state index contributed by atoms with van der Waals surface area (Å²) in [6.07, 6.45) is 3.12. The maximum absolute atomic E-state index is 12.6. The Hall–Kier alpha value is -3.85. The van der Waals surface area contributed by atoms with E-state index in [1.807, 2.05) is 35.9 Å². The third kappa shape index (κ3) is 3.70. The molecule has 1 aromatic carbocycles. The number of aromatic nitrogens is 1. The number of hydrazine groups is 1. The molecule has 3 amide bonds. The molecule has 30 heavy (non-hydrogen) atoms. The number of fused-ring (bicyclic) bond motifs is 1. The van der Waals surface area contributed by atoms with Crippen LogP contribution in [0.25, 0.3) is 10.9 Å². The second-order valence-electron chi connectivity index (χ2n) is 6.63. The average Bonchev–Trinajstić information content (AvgIpc) is 3.46. The van der Waals surface area contributed by atoms with Crippen LogP contribution in [0.1, 0.15) is 36.1 Å². The lowest BCUT2D eigenvalue weighted by Crippen LogP contribution is -2.41. The van der Waals surface area contributed by atoms with Crippen molar-refractivity contribution in [1.29, 1.82) is 0 Å². The molecule has 0 spiro atoms. The van der Waals surface area contributed by atoms with Crippen LogP contribution in [0.5, 0.6) is 0 Å². The molecule has 3 N–H and O–H groups in total. The minimum Gasteiger partial charge on any atom is -0.459 e. The number of aryl methyl sites for hydroxylation is 2. The average molecular weight is 422 g/mol. The largest absolute Gasteiger partial charge is 0.459 e. The molecule has 0 saturated carbocycles. The molecule has 0 aliphatic heterocycles. The number of para-hydroxylation sites is 1. The van der Waals surface area contributed by atoms with Gasteiger partial charge >= 0.3 is 0 Å². The summed E-state index contributed by atoms with van der Waals surface area (Å²) >= 11 is 1.11. The van der Waals surface area contributed by atoms with Gasteiger partial charge in [-0.3, -0.25) is 25.2 Å². The van der Waals surface area contributed by atoms with Crippen LogP contribution in [0.2, 0.25) is 0 Å². The summed E-state index contributed by atoms with van der Waals surface area (Å²) in [5.41, 5.74) is 6.94. The summed E-state index contributed by atoms with van der Waals surface area (Å²) in [6, 6.07) is 12.4. The molecule has 8 nitrogen and oxygen atoms in total. The van der Waals surface area contributed by atoms with Crippen molar-refractivity contribution in [3.8, 4) is 0 Å². The highest BCUT2D eigenvalue weighted by atomic mass is 32.1. The van der Waals surface area contributed by atoms with Crippen molar-refractivity contribution in [1.82, 2.24) is 15.4 Å². The summed E-state index contributed by atoms with van der Waals surface area (Å²) < 4.78 is 6.91. The van der Waals surface area contributed by atoms with Gasteiger partial charge in [0.2, 0.25) is 0 Å². The molecule has 3 aromatic heterocycles. The first-order valence-corrected chi connectivity index (χ1v) is 9.85. The van der Waals surface area contributed by atoms with Crippen molar-refractivity contribution in [2.45, 2.75) is 6.92 Å². The van der Waals surface area contributed by atoms with E-state index < -0.39 is 17.7 Å². The first kappa shape index (κ1) is 19.5. The number of benzene rings is 1. The minimum absolute atomic E-state index is 0.175. The fourth-order valence-electron chi connectivity index (χ4n) is 3.11. The predicted molar refractivity (Wildman–Crippen MR) is 114 cm³/mol. The quantitative estimate of drug-likeness (QED) is 0.438. The number of hydrogen-bond acceptors (Lipinski definition) is 5. The summed E-state index contributed by atoms with van der Waals surface area (Å²) in [6.45, 7) is 1.75. The molecule has 0 aliphatic carbocycles. The topological polar surface area (TPSA) is 105 Å². The smallest absolute Gasteiger partial charge is 0.291 e. The van der Waals surface area contributed by atoms with Crippen LogP contribution in [-0.4, -0.2) is 22.3 Å². The third-order valence-corrected chi connectivity index (χ3v) is 5.69. The van der Waals surface area contributed by atoms with Gasteiger partial charge in [0.25, 0.3) is 17.7 Å². The van der Waals surface area contributed by atoms with Crippen LogP contribution in [0.15, 0.2) is 59.3 Å². The molecule has 3 heterocycles. The van der Waals surface area contributed by atoms with E-state index in [4.69, 9.17) is 4.42 Å². The molecular weight excluding hydrogens is 404 g/mol. The van der Waals surface area contributed by atoms with E-state index in [0.717, 1.165) is 22.2 Å². The first-order valence-electron chi connectivity index (χ1n) is 9.04. The monoisotopic (exact) mass is 422 g/mol. The number of carbonyl (C=O) groups excluding carboxylic acids is 3. The Labute approximate surface area is 175 Å². The molecule has 152 valence electrons. The zero-order valence-corrected chi connectivity index (χ0v) is 17.0. The van der Waals surface area contributed by atoms with Gasteiger partial charge in [-0.15, -0.1) is 11.3 Å². The zero-order valence-electron chi connectivity index (χ0n) is 16.2. The molecule has 0 saturated heterocycles. The number of anilines is 1. The molecular formula is C21H18N4O4S. The minimum atomic E-state index is -0.468. The lowest BCUT2D eigenvalue weighted by Gasteiger charge is -2.06. The summed E-state index contributed by atoms with van der Waals surface area (Å²) in [4.78, 5) is 37.6. The van der Waals surface area contributed by atoms with E-state index in [0.29, 0.717) is 21.0 Å². The van der Waals surface area contributed by atoms with Crippen LogP contribution in [0.4, 0.5) is 5.00 Å². The molecule has 0 bridgehead atoms. The molecule has 9 heteroatoms. The van der Waals surface area contributed by atoms with E-state index >= 15 is 0 Å². The second kappa shape index (κ2) is 7.88. The number of rotatable bonds is 4. The maximum Gasteiger partial charge on any atom is 0.291 e. The SMILES string of the molecule is Cc1cc(NC(=O)c2ccco2)sc1C(=O)NNC(=O)c1cn(C)c2ccccc12. The van der Waals surface area contributed by atoms with E-state index in [9.17, 15) is 14.4 Å². The third-order valence-electron chi connectivity index (χ3n) is 4.54. The lowest BCUT2D eigenvalue weighted by atomic mass is 10.2. The number of nitrogens with one attached hydrogen (secondary N) is 3. The Morgan fingerprint density at radius 1 is 1.00 bits per heavy atom. The van der Waals surface area contributed by atoms with E-state index in [2.05, 4.69) is 16.2 Å². The molecule has 4 aromatic rings. The van der Waals surface area contributed by atoms with Crippen molar-refractivity contribution in [3.05, 3.63) is 76.7 Å². The van der Waals surface area contributed by atoms with E-state index in [1.165, 1.54) is 6.26 Å². The number of thiophene rings is 1. The fraction of sp³-hybridized carbons (Fsp3) is 0.0952. The van der Waals surface area contributed by atoms with Gasteiger partial charge in [0.15, 0.2) is 5.76 Å². The standard InChI is InChI=1S/C21H18N4O4S/c1-12-10-17(22-20(27)16-8-5-9-29-16)30-18(12)21(28)24-23-19(26)14-11-25(2)15-7-4-3-6-13(14)15/h3-11H,1-2H3,(H,22,27)(H,23,26)(H,24,28). The number of nitrogens with zero attached hydrogens (tertiary/aromatic N) is 1. The van der Waals surface area contributed by atoms with Crippen molar-refractivity contribution in [2.75, 3.05) is 5.32 Å². The molecule has 0 atom stereocenters. The van der Waals surface area contributed by atoms with Crippen molar-refractivity contribution < 1.29 is 18.8 Å². The van der Waals surface area contributed by atoms with Gasteiger partial charge < -0.3 is 14.3 Å². The van der Waals surface area contributed by atoms with E-state index in [1.54, 1.807) is 31.3 Å². The number of furan rings is 1. The number of hydrogen-bond donors (Lipinski definition) is 3.